The van der Waals surface area contributed by atoms with E-state index in [2.05, 4.69) is 0 Å². The fraction of sp³-hybridized carbons (Fsp3) is 0.462. The molecule has 0 aromatic heterocycles. The molecule has 1 fully saturated rings. The van der Waals surface area contributed by atoms with Gasteiger partial charge in [0.05, 0.1) is 19.1 Å². The topological polar surface area (TPSA) is 55.6 Å². The standard InChI is InChI=1S/C13H16F2N2O2.ClH/c14-11-2-1-9(5-12(11)15)6-13(18)17-3-4-19-10(7-16)8-17;/h1-2,5,10H,3-4,6-8,16H2;1H. The first-order valence-electron chi connectivity index (χ1n) is 6.13. The predicted molar refractivity (Wildman–Crippen MR) is 72.7 cm³/mol. The van der Waals surface area contributed by atoms with E-state index in [-0.39, 0.29) is 30.8 Å². The minimum atomic E-state index is -0.938. The Morgan fingerprint density at radius 2 is 2.15 bits per heavy atom. The van der Waals surface area contributed by atoms with Gasteiger partial charge in [0.25, 0.3) is 0 Å². The van der Waals surface area contributed by atoms with Crippen LogP contribution >= 0.6 is 12.4 Å². The van der Waals surface area contributed by atoms with Crippen LogP contribution in [0.4, 0.5) is 8.78 Å². The summed E-state index contributed by atoms with van der Waals surface area (Å²) in [5.41, 5.74) is 5.96. The molecule has 0 spiro atoms. The molecule has 1 aromatic rings. The molecule has 0 saturated carbocycles. The third-order valence-corrected chi connectivity index (χ3v) is 3.09. The lowest BCUT2D eigenvalue weighted by Gasteiger charge is -2.32. The van der Waals surface area contributed by atoms with Gasteiger partial charge in [0, 0.05) is 19.6 Å². The number of carbonyl (C=O) groups is 1. The molecular formula is C13H17ClF2N2O2. The van der Waals surface area contributed by atoms with Crippen LogP contribution in [0.1, 0.15) is 5.56 Å². The Morgan fingerprint density at radius 3 is 2.80 bits per heavy atom. The second kappa shape index (κ2) is 7.52. The summed E-state index contributed by atoms with van der Waals surface area (Å²) in [6.45, 7) is 1.75. The van der Waals surface area contributed by atoms with Gasteiger partial charge >= 0.3 is 0 Å². The van der Waals surface area contributed by atoms with E-state index >= 15 is 0 Å². The van der Waals surface area contributed by atoms with Crippen molar-refractivity contribution in [1.29, 1.82) is 0 Å². The van der Waals surface area contributed by atoms with Crippen molar-refractivity contribution in [2.45, 2.75) is 12.5 Å². The number of amides is 1. The van der Waals surface area contributed by atoms with Gasteiger partial charge in [-0.3, -0.25) is 4.79 Å². The van der Waals surface area contributed by atoms with Crippen LogP contribution in [0.25, 0.3) is 0 Å². The van der Waals surface area contributed by atoms with Crippen molar-refractivity contribution in [3.8, 4) is 0 Å². The summed E-state index contributed by atoms with van der Waals surface area (Å²) in [6.07, 6.45) is -0.100. The van der Waals surface area contributed by atoms with Gasteiger partial charge in [0.2, 0.25) is 5.91 Å². The number of ether oxygens (including phenoxy) is 1. The lowest BCUT2D eigenvalue weighted by molar-refractivity contribution is -0.137. The Bertz CT molecular complexity index is 474. The van der Waals surface area contributed by atoms with Crippen LogP contribution in [0.2, 0.25) is 0 Å². The zero-order chi connectivity index (χ0) is 13.8. The molecule has 0 radical (unpaired) electrons. The zero-order valence-electron chi connectivity index (χ0n) is 10.9. The van der Waals surface area contributed by atoms with E-state index in [0.29, 0.717) is 31.8 Å². The maximum absolute atomic E-state index is 13.1. The van der Waals surface area contributed by atoms with E-state index in [4.69, 9.17) is 10.5 Å². The number of nitrogens with zero attached hydrogens (tertiary/aromatic N) is 1. The molecular weight excluding hydrogens is 290 g/mol. The number of hydrogen-bond donors (Lipinski definition) is 1. The summed E-state index contributed by atoms with van der Waals surface area (Å²) in [6, 6.07) is 3.49. The van der Waals surface area contributed by atoms with Crippen LogP contribution in [-0.2, 0) is 16.0 Å². The Balaban J connectivity index is 0.00000200. The smallest absolute Gasteiger partial charge is 0.227 e. The van der Waals surface area contributed by atoms with Crippen LogP contribution in [0.15, 0.2) is 18.2 Å². The van der Waals surface area contributed by atoms with Gasteiger partial charge in [-0.25, -0.2) is 8.78 Å². The Hall–Kier alpha value is -1.24. The summed E-state index contributed by atoms with van der Waals surface area (Å²) >= 11 is 0. The molecule has 7 heteroatoms. The van der Waals surface area contributed by atoms with E-state index in [1.807, 2.05) is 0 Å². The monoisotopic (exact) mass is 306 g/mol. The van der Waals surface area contributed by atoms with Crippen molar-refractivity contribution in [1.82, 2.24) is 4.90 Å². The highest BCUT2D eigenvalue weighted by Gasteiger charge is 2.23. The molecule has 1 aromatic carbocycles. The highest BCUT2D eigenvalue weighted by atomic mass is 35.5. The molecule has 112 valence electrons. The lowest BCUT2D eigenvalue weighted by Crippen LogP contribution is -2.48. The predicted octanol–water partition coefficient (Wildman–Crippen LogP) is 1.12. The number of rotatable bonds is 3. The molecule has 1 atom stereocenters. The number of carbonyl (C=O) groups excluding carboxylic acids is 1. The molecule has 0 bridgehead atoms. The second-order valence-corrected chi connectivity index (χ2v) is 4.49. The van der Waals surface area contributed by atoms with Gasteiger partial charge in [0.1, 0.15) is 0 Å². The SMILES string of the molecule is Cl.NCC1CN(C(=O)Cc2ccc(F)c(F)c2)CCO1. The first kappa shape index (κ1) is 16.8. The molecule has 1 heterocycles. The highest BCUT2D eigenvalue weighted by Crippen LogP contribution is 2.12. The first-order chi connectivity index (χ1) is 9.10. The van der Waals surface area contributed by atoms with Crippen molar-refractivity contribution in [3.63, 3.8) is 0 Å². The van der Waals surface area contributed by atoms with Crippen molar-refractivity contribution >= 4 is 18.3 Å². The fourth-order valence-corrected chi connectivity index (χ4v) is 2.02. The second-order valence-electron chi connectivity index (χ2n) is 4.49. The minimum Gasteiger partial charge on any atom is -0.373 e. The van der Waals surface area contributed by atoms with Crippen LogP contribution in [0.5, 0.6) is 0 Å². The first-order valence-corrected chi connectivity index (χ1v) is 6.13. The van der Waals surface area contributed by atoms with Gasteiger partial charge in [0.15, 0.2) is 11.6 Å². The summed E-state index contributed by atoms with van der Waals surface area (Å²) in [7, 11) is 0. The summed E-state index contributed by atoms with van der Waals surface area (Å²) in [4.78, 5) is 13.7. The molecule has 4 nitrogen and oxygen atoms in total. The summed E-state index contributed by atoms with van der Waals surface area (Å²) in [5, 5.41) is 0. The molecule has 1 aliphatic rings. The maximum atomic E-state index is 13.1. The Morgan fingerprint density at radius 1 is 1.40 bits per heavy atom. The minimum absolute atomic E-state index is 0. The molecule has 1 amide bonds. The Labute approximate surface area is 122 Å². The van der Waals surface area contributed by atoms with Crippen molar-refractivity contribution in [2.24, 2.45) is 5.73 Å². The fourth-order valence-electron chi connectivity index (χ4n) is 2.02. The van der Waals surface area contributed by atoms with Crippen LogP contribution in [-0.4, -0.2) is 43.2 Å². The number of nitrogens with two attached hydrogens (primary N) is 1. The van der Waals surface area contributed by atoms with Crippen LogP contribution in [0.3, 0.4) is 0 Å². The zero-order valence-corrected chi connectivity index (χ0v) is 11.7. The quantitative estimate of drug-likeness (QED) is 0.910. The average Bonchev–Trinajstić information content (AvgIpc) is 2.43. The third kappa shape index (κ3) is 4.13. The van der Waals surface area contributed by atoms with E-state index in [9.17, 15) is 13.6 Å². The average molecular weight is 307 g/mol. The van der Waals surface area contributed by atoms with Crippen LogP contribution < -0.4 is 5.73 Å². The summed E-state index contributed by atoms with van der Waals surface area (Å²) < 4.78 is 31.2. The van der Waals surface area contributed by atoms with E-state index in [1.165, 1.54) is 6.07 Å². The van der Waals surface area contributed by atoms with Crippen molar-refractivity contribution in [3.05, 3.63) is 35.4 Å². The molecule has 1 unspecified atom stereocenters. The van der Waals surface area contributed by atoms with E-state index in [1.54, 1.807) is 4.90 Å². The van der Waals surface area contributed by atoms with Gasteiger partial charge in [-0.05, 0) is 17.7 Å². The molecule has 2 rings (SSSR count). The van der Waals surface area contributed by atoms with Gasteiger partial charge < -0.3 is 15.4 Å². The molecule has 1 saturated heterocycles. The largest absolute Gasteiger partial charge is 0.373 e. The molecule has 1 aliphatic heterocycles. The molecule has 2 N–H and O–H groups in total. The van der Waals surface area contributed by atoms with Gasteiger partial charge in [-0.1, -0.05) is 6.07 Å². The maximum Gasteiger partial charge on any atom is 0.227 e. The summed E-state index contributed by atoms with van der Waals surface area (Å²) in [5.74, 6) is -1.98. The molecule has 0 aliphatic carbocycles. The molecule has 20 heavy (non-hydrogen) atoms. The lowest BCUT2D eigenvalue weighted by atomic mass is 10.1. The van der Waals surface area contributed by atoms with Gasteiger partial charge in [-0.2, -0.15) is 0 Å². The van der Waals surface area contributed by atoms with E-state index < -0.39 is 11.6 Å². The van der Waals surface area contributed by atoms with Gasteiger partial charge in [-0.15, -0.1) is 12.4 Å². The third-order valence-electron chi connectivity index (χ3n) is 3.09. The normalized spacial score (nSPS) is 18.6. The number of benzene rings is 1. The van der Waals surface area contributed by atoms with Crippen LogP contribution in [0, 0.1) is 11.6 Å². The highest BCUT2D eigenvalue weighted by molar-refractivity contribution is 5.85. The number of hydrogen-bond acceptors (Lipinski definition) is 3. The van der Waals surface area contributed by atoms with Crippen molar-refractivity contribution < 1.29 is 18.3 Å². The Kier molecular flexibility index (Phi) is 6.32. The van der Waals surface area contributed by atoms with Crippen molar-refractivity contribution in [2.75, 3.05) is 26.2 Å². The van der Waals surface area contributed by atoms with E-state index in [0.717, 1.165) is 12.1 Å². The number of halogens is 3. The number of morpholine rings is 1.